The van der Waals surface area contributed by atoms with E-state index in [1.54, 1.807) is 0 Å². The topological polar surface area (TPSA) is 24.4 Å². The number of hydrogen-bond acceptors (Lipinski definition) is 2. The second-order valence-electron chi connectivity index (χ2n) is 5.47. The highest BCUT2D eigenvalue weighted by molar-refractivity contribution is 6.33. The molecule has 0 heterocycles. The summed E-state index contributed by atoms with van der Waals surface area (Å²) in [5.74, 6) is 0. The highest BCUT2D eigenvalue weighted by Crippen LogP contribution is 2.32. The Balaban J connectivity index is 0.00000208. The number of anilines is 1. The van der Waals surface area contributed by atoms with Gasteiger partial charge in [0, 0.05) is 23.1 Å². The quantitative estimate of drug-likeness (QED) is 0.835. The highest BCUT2D eigenvalue weighted by Gasteiger charge is 2.14. The van der Waals surface area contributed by atoms with Crippen molar-refractivity contribution >= 4 is 29.2 Å². The molecule has 3 rings (SSSR count). The summed E-state index contributed by atoms with van der Waals surface area (Å²) in [7, 11) is 0. The Morgan fingerprint density at radius 1 is 0.917 bits per heavy atom. The number of aliphatic imine (C=N–C) groups is 1. The molecule has 2 aromatic carbocycles. The number of para-hydroxylation sites is 2. The normalized spacial score (nSPS) is 16.3. The zero-order chi connectivity index (χ0) is 15.9. The SMILES string of the molecule is ClC1=C(C=Nc2ccccc2)CCC/C1=C\Nc1ccccc1.[Cl-]. The predicted octanol–water partition coefficient (Wildman–Crippen LogP) is 3.07. The van der Waals surface area contributed by atoms with Gasteiger partial charge in [-0.25, -0.2) is 0 Å². The zero-order valence-corrected chi connectivity index (χ0v) is 14.8. The van der Waals surface area contributed by atoms with E-state index in [0.29, 0.717) is 0 Å². The van der Waals surface area contributed by atoms with E-state index < -0.39 is 0 Å². The molecule has 0 amide bonds. The largest absolute Gasteiger partial charge is 1.00 e. The molecule has 2 aromatic rings. The standard InChI is InChI=1S/C20H19ClN2.ClH/c21-20-16(14-22-18-10-3-1-4-11-18)8-7-9-17(20)15-23-19-12-5-2-6-13-19;/h1-6,10-15,22H,7-9H2;1H/p-1/b16-14+,23-15?;. The van der Waals surface area contributed by atoms with Crippen LogP contribution in [-0.2, 0) is 0 Å². The molecule has 1 N–H and O–H groups in total. The average Bonchev–Trinajstić information content (AvgIpc) is 2.61. The van der Waals surface area contributed by atoms with Crippen LogP contribution in [0.1, 0.15) is 19.3 Å². The number of allylic oxidation sites excluding steroid dienone is 3. The van der Waals surface area contributed by atoms with Crippen LogP contribution >= 0.6 is 11.6 Å². The van der Waals surface area contributed by atoms with Crippen LogP contribution in [0.25, 0.3) is 0 Å². The van der Waals surface area contributed by atoms with Crippen LogP contribution in [-0.4, -0.2) is 6.21 Å². The van der Waals surface area contributed by atoms with E-state index in [-0.39, 0.29) is 12.4 Å². The molecule has 1 aliphatic rings. The van der Waals surface area contributed by atoms with Crippen molar-refractivity contribution in [3.8, 4) is 0 Å². The van der Waals surface area contributed by atoms with E-state index in [1.165, 1.54) is 0 Å². The first-order valence-corrected chi connectivity index (χ1v) is 8.19. The first-order valence-electron chi connectivity index (χ1n) is 7.82. The van der Waals surface area contributed by atoms with Crippen molar-refractivity contribution in [1.29, 1.82) is 0 Å². The molecule has 4 heteroatoms. The van der Waals surface area contributed by atoms with Gasteiger partial charge in [0.25, 0.3) is 0 Å². The van der Waals surface area contributed by atoms with Crippen molar-refractivity contribution in [2.24, 2.45) is 4.99 Å². The number of hydrogen-bond donors (Lipinski definition) is 1. The fraction of sp³-hybridized carbons (Fsp3) is 0.150. The van der Waals surface area contributed by atoms with Crippen LogP contribution < -0.4 is 17.7 Å². The molecule has 0 aliphatic heterocycles. The van der Waals surface area contributed by atoms with E-state index in [2.05, 4.69) is 10.3 Å². The third-order valence-electron chi connectivity index (χ3n) is 3.77. The first kappa shape index (κ1) is 18.3. The summed E-state index contributed by atoms with van der Waals surface area (Å²) < 4.78 is 0. The van der Waals surface area contributed by atoms with Gasteiger partial charge in [-0.2, -0.15) is 0 Å². The summed E-state index contributed by atoms with van der Waals surface area (Å²) in [6.45, 7) is 0. The summed E-state index contributed by atoms with van der Waals surface area (Å²) in [6, 6.07) is 20.0. The van der Waals surface area contributed by atoms with Gasteiger partial charge in [-0.05, 0) is 54.7 Å². The highest BCUT2D eigenvalue weighted by atomic mass is 35.5. The van der Waals surface area contributed by atoms with Gasteiger partial charge in [-0.15, -0.1) is 0 Å². The first-order chi connectivity index (χ1) is 11.3. The monoisotopic (exact) mass is 357 g/mol. The Morgan fingerprint density at radius 2 is 1.58 bits per heavy atom. The number of nitrogens with zero attached hydrogens (tertiary/aromatic N) is 1. The molecule has 24 heavy (non-hydrogen) atoms. The molecule has 0 fully saturated rings. The van der Waals surface area contributed by atoms with E-state index in [0.717, 1.165) is 46.8 Å². The molecule has 124 valence electrons. The number of nitrogens with one attached hydrogen (secondary N) is 1. The van der Waals surface area contributed by atoms with Gasteiger partial charge >= 0.3 is 0 Å². The Hall–Kier alpha value is -2.03. The molecular weight excluding hydrogens is 339 g/mol. The summed E-state index contributed by atoms with van der Waals surface area (Å²) in [5, 5.41) is 4.13. The Kier molecular flexibility index (Phi) is 7.10. The molecule has 0 saturated carbocycles. The minimum atomic E-state index is 0. The lowest BCUT2D eigenvalue weighted by atomic mass is 9.96. The third kappa shape index (κ3) is 4.98. The zero-order valence-electron chi connectivity index (χ0n) is 13.3. The van der Waals surface area contributed by atoms with Crippen LogP contribution in [0.4, 0.5) is 11.4 Å². The minimum absolute atomic E-state index is 0. The Bertz CT molecular complexity index is 735. The maximum absolute atomic E-state index is 6.56. The van der Waals surface area contributed by atoms with Crippen molar-refractivity contribution < 1.29 is 12.4 Å². The second-order valence-corrected chi connectivity index (χ2v) is 5.84. The van der Waals surface area contributed by atoms with Crippen LogP contribution in [0.15, 0.2) is 88.0 Å². The van der Waals surface area contributed by atoms with Crippen LogP contribution in [0, 0.1) is 0 Å². The van der Waals surface area contributed by atoms with Gasteiger partial charge in [-0.1, -0.05) is 48.0 Å². The molecular formula is C20H19Cl2N2-. The summed E-state index contributed by atoms with van der Waals surface area (Å²) in [5.41, 5.74) is 4.25. The smallest absolute Gasteiger partial charge is 0.0629 e. The van der Waals surface area contributed by atoms with E-state index >= 15 is 0 Å². The molecule has 0 aromatic heterocycles. The van der Waals surface area contributed by atoms with E-state index in [9.17, 15) is 0 Å². The van der Waals surface area contributed by atoms with Crippen molar-refractivity contribution in [2.45, 2.75) is 19.3 Å². The Morgan fingerprint density at radius 3 is 2.29 bits per heavy atom. The molecule has 0 saturated heterocycles. The molecule has 2 nitrogen and oxygen atoms in total. The van der Waals surface area contributed by atoms with Gasteiger partial charge in [0.1, 0.15) is 0 Å². The van der Waals surface area contributed by atoms with Gasteiger partial charge in [-0.3, -0.25) is 4.99 Å². The summed E-state index contributed by atoms with van der Waals surface area (Å²) in [6.07, 6.45) is 6.95. The molecule has 0 radical (unpaired) electrons. The molecule has 1 aliphatic carbocycles. The molecule has 0 spiro atoms. The molecule has 0 atom stereocenters. The number of rotatable bonds is 4. The maximum atomic E-state index is 6.56. The second kappa shape index (κ2) is 9.31. The fourth-order valence-electron chi connectivity index (χ4n) is 2.52. The summed E-state index contributed by atoms with van der Waals surface area (Å²) in [4.78, 5) is 4.52. The fourth-order valence-corrected chi connectivity index (χ4v) is 2.82. The number of benzene rings is 2. The van der Waals surface area contributed by atoms with Crippen LogP contribution in [0.2, 0.25) is 0 Å². The lowest BCUT2D eigenvalue weighted by molar-refractivity contribution is -0.00000446. The minimum Gasteiger partial charge on any atom is -1.00 e. The van der Waals surface area contributed by atoms with Crippen molar-refractivity contribution in [1.82, 2.24) is 0 Å². The predicted molar refractivity (Wildman–Crippen MR) is 99.5 cm³/mol. The Labute approximate surface area is 154 Å². The average molecular weight is 358 g/mol. The van der Waals surface area contributed by atoms with Gasteiger partial charge in [0.2, 0.25) is 0 Å². The van der Waals surface area contributed by atoms with Gasteiger partial charge in [0.05, 0.1) is 5.69 Å². The lowest BCUT2D eigenvalue weighted by Crippen LogP contribution is -3.00. The van der Waals surface area contributed by atoms with Crippen molar-refractivity contribution in [2.75, 3.05) is 5.32 Å². The summed E-state index contributed by atoms with van der Waals surface area (Å²) >= 11 is 6.56. The number of halogens is 2. The van der Waals surface area contributed by atoms with Gasteiger partial charge in [0.15, 0.2) is 0 Å². The van der Waals surface area contributed by atoms with E-state index in [4.69, 9.17) is 11.6 Å². The van der Waals surface area contributed by atoms with Gasteiger partial charge < -0.3 is 17.7 Å². The lowest BCUT2D eigenvalue weighted by Gasteiger charge is -2.17. The molecule has 0 bridgehead atoms. The third-order valence-corrected chi connectivity index (χ3v) is 4.25. The maximum Gasteiger partial charge on any atom is 0.0629 e. The van der Waals surface area contributed by atoms with Crippen LogP contribution in [0.5, 0.6) is 0 Å². The van der Waals surface area contributed by atoms with E-state index in [1.807, 2.05) is 73.1 Å². The van der Waals surface area contributed by atoms with Crippen molar-refractivity contribution in [3.05, 3.63) is 83.0 Å². The van der Waals surface area contributed by atoms with Crippen LogP contribution in [0.3, 0.4) is 0 Å². The molecule has 0 unspecified atom stereocenters. The van der Waals surface area contributed by atoms with Crippen molar-refractivity contribution in [3.63, 3.8) is 0 Å².